The van der Waals surface area contributed by atoms with Crippen LogP contribution in [0.5, 0.6) is 0 Å². The lowest BCUT2D eigenvalue weighted by Gasteiger charge is -2.08. The molecule has 3 aromatic carbocycles. The first-order chi connectivity index (χ1) is 9.24. The van der Waals surface area contributed by atoms with Gasteiger partial charge in [0.1, 0.15) is 0 Å². The zero-order valence-corrected chi connectivity index (χ0v) is 12.9. The maximum Gasteiger partial charge on any atom is 0.0565 e. The van der Waals surface area contributed by atoms with Gasteiger partial charge in [0, 0.05) is 15.5 Å². The Morgan fingerprint density at radius 1 is 0.850 bits per heavy atom. The van der Waals surface area contributed by atoms with Crippen LogP contribution in [0.25, 0.3) is 10.8 Å². The van der Waals surface area contributed by atoms with Crippen molar-refractivity contribution in [3.05, 3.63) is 65.7 Å². The van der Waals surface area contributed by atoms with E-state index in [1.807, 2.05) is 18.2 Å². The highest BCUT2D eigenvalue weighted by atomic mass is 35.5. The molecule has 3 aromatic rings. The van der Waals surface area contributed by atoms with E-state index in [4.69, 9.17) is 17.3 Å². The second-order valence-corrected chi connectivity index (χ2v) is 5.76. The van der Waals surface area contributed by atoms with Gasteiger partial charge in [0.05, 0.1) is 5.02 Å². The molecule has 0 amide bonds. The fraction of sp³-hybridized carbons (Fsp3) is 0. The van der Waals surface area contributed by atoms with Crippen molar-refractivity contribution in [2.45, 2.75) is 9.79 Å². The molecule has 0 spiro atoms. The molecule has 0 saturated carbocycles. The summed E-state index contributed by atoms with van der Waals surface area (Å²) in [5, 5.41) is 3.17. The van der Waals surface area contributed by atoms with Crippen LogP contribution in [0.1, 0.15) is 0 Å². The van der Waals surface area contributed by atoms with Crippen LogP contribution in [0.15, 0.2) is 70.5 Å². The summed E-state index contributed by atoms with van der Waals surface area (Å²) in [6, 6.07) is 20.3. The van der Waals surface area contributed by atoms with Crippen LogP contribution >= 0.6 is 35.8 Å². The summed E-state index contributed by atoms with van der Waals surface area (Å²) in [5.74, 6) is 0. The van der Waals surface area contributed by atoms with E-state index in [1.54, 1.807) is 17.8 Å². The molecule has 2 N–H and O–H groups in total. The lowest BCUT2D eigenvalue weighted by atomic mass is 10.1. The Labute approximate surface area is 133 Å². The standard InChI is InChI=1S/C16H12ClNS.ClH/c17-14-10-12(18)8-9-16(14)19-15-7-3-5-11-4-1-2-6-13(11)15;/h1-10H,18H2;1H. The molecule has 0 atom stereocenters. The first-order valence-corrected chi connectivity index (χ1v) is 7.14. The summed E-state index contributed by atoms with van der Waals surface area (Å²) in [6.07, 6.45) is 0. The Hall–Kier alpha value is -1.35. The average Bonchev–Trinajstić information content (AvgIpc) is 2.42. The van der Waals surface area contributed by atoms with Crippen LogP contribution < -0.4 is 5.73 Å². The third-order valence-corrected chi connectivity index (χ3v) is 4.50. The van der Waals surface area contributed by atoms with Gasteiger partial charge in [-0.05, 0) is 35.0 Å². The molecule has 20 heavy (non-hydrogen) atoms. The number of nitrogen functional groups attached to an aromatic ring is 1. The molecular formula is C16H13Cl2NS. The monoisotopic (exact) mass is 321 g/mol. The van der Waals surface area contributed by atoms with Crippen LogP contribution in [0.2, 0.25) is 5.02 Å². The third kappa shape index (κ3) is 3.04. The zero-order chi connectivity index (χ0) is 13.2. The number of rotatable bonds is 2. The Balaban J connectivity index is 0.00000147. The lowest BCUT2D eigenvalue weighted by molar-refractivity contribution is 1.44. The fourth-order valence-corrected chi connectivity index (χ4v) is 3.28. The smallest absolute Gasteiger partial charge is 0.0565 e. The SMILES string of the molecule is Cl.Nc1ccc(Sc2cccc3ccccc23)c(Cl)c1. The predicted molar refractivity (Wildman–Crippen MR) is 91.2 cm³/mol. The van der Waals surface area contributed by atoms with Crippen molar-refractivity contribution in [3.8, 4) is 0 Å². The molecule has 0 fully saturated rings. The minimum Gasteiger partial charge on any atom is -0.399 e. The highest BCUT2D eigenvalue weighted by molar-refractivity contribution is 7.99. The number of halogens is 2. The molecule has 0 aliphatic heterocycles. The highest BCUT2D eigenvalue weighted by Gasteiger charge is 2.06. The van der Waals surface area contributed by atoms with E-state index in [-0.39, 0.29) is 12.4 Å². The molecular weight excluding hydrogens is 309 g/mol. The summed E-state index contributed by atoms with van der Waals surface area (Å²) in [4.78, 5) is 2.22. The quantitative estimate of drug-likeness (QED) is 0.617. The van der Waals surface area contributed by atoms with Crippen molar-refractivity contribution in [2.75, 3.05) is 5.73 Å². The maximum atomic E-state index is 6.23. The first-order valence-electron chi connectivity index (χ1n) is 5.95. The molecule has 0 bridgehead atoms. The molecule has 0 aromatic heterocycles. The zero-order valence-electron chi connectivity index (χ0n) is 10.5. The Morgan fingerprint density at radius 2 is 1.60 bits per heavy atom. The average molecular weight is 322 g/mol. The number of hydrogen-bond acceptors (Lipinski definition) is 2. The molecule has 0 unspecified atom stereocenters. The predicted octanol–water partition coefficient (Wildman–Crippen LogP) is 5.65. The van der Waals surface area contributed by atoms with Gasteiger partial charge in [-0.2, -0.15) is 0 Å². The van der Waals surface area contributed by atoms with Gasteiger partial charge >= 0.3 is 0 Å². The van der Waals surface area contributed by atoms with Crippen LogP contribution in [0, 0.1) is 0 Å². The van der Waals surface area contributed by atoms with Crippen molar-refractivity contribution in [3.63, 3.8) is 0 Å². The summed E-state index contributed by atoms with van der Waals surface area (Å²) in [7, 11) is 0. The van der Waals surface area contributed by atoms with Crippen LogP contribution in [0.3, 0.4) is 0 Å². The van der Waals surface area contributed by atoms with Crippen molar-refractivity contribution in [1.29, 1.82) is 0 Å². The molecule has 1 nitrogen and oxygen atoms in total. The minimum atomic E-state index is 0. The van der Waals surface area contributed by atoms with Gasteiger partial charge < -0.3 is 5.73 Å². The molecule has 102 valence electrons. The topological polar surface area (TPSA) is 26.0 Å². The summed E-state index contributed by atoms with van der Waals surface area (Å²) in [5.41, 5.74) is 6.41. The van der Waals surface area contributed by atoms with Crippen molar-refractivity contribution in [2.24, 2.45) is 0 Å². The largest absolute Gasteiger partial charge is 0.399 e. The maximum absolute atomic E-state index is 6.23. The molecule has 0 saturated heterocycles. The van der Waals surface area contributed by atoms with E-state index in [0.717, 1.165) is 4.90 Å². The van der Waals surface area contributed by atoms with E-state index < -0.39 is 0 Å². The molecule has 0 heterocycles. The fourth-order valence-electron chi connectivity index (χ4n) is 2.00. The van der Waals surface area contributed by atoms with Gasteiger partial charge in [-0.25, -0.2) is 0 Å². The summed E-state index contributed by atoms with van der Waals surface area (Å²) in [6.45, 7) is 0. The second-order valence-electron chi connectivity index (χ2n) is 4.27. The molecule has 0 aliphatic carbocycles. The number of nitrogens with two attached hydrogens (primary N) is 1. The van der Waals surface area contributed by atoms with Crippen LogP contribution in [-0.2, 0) is 0 Å². The van der Waals surface area contributed by atoms with Gasteiger partial charge in [0.2, 0.25) is 0 Å². The highest BCUT2D eigenvalue weighted by Crippen LogP contribution is 2.37. The molecule has 0 radical (unpaired) electrons. The van der Waals surface area contributed by atoms with E-state index in [1.165, 1.54) is 15.7 Å². The normalized spacial score (nSPS) is 10.2. The molecule has 4 heteroatoms. The van der Waals surface area contributed by atoms with Gasteiger partial charge in [-0.3, -0.25) is 0 Å². The Morgan fingerprint density at radius 3 is 2.40 bits per heavy atom. The van der Waals surface area contributed by atoms with Gasteiger partial charge in [-0.1, -0.05) is 59.8 Å². The van der Waals surface area contributed by atoms with E-state index >= 15 is 0 Å². The van der Waals surface area contributed by atoms with Gasteiger partial charge in [0.25, 0.3) is 0 Å². The molecule has 0 aliphatic rings. The molecule has 3 rings (SSSR count). The minimum absolute atomic E-state index is 0. The van der Waals surface area contributed by atoms with Crippen molar-refractivity contribution < 1.29 is 0 Å². The number of fused-ring (bicyclic) bond motifs is 1. The van der Waals surface area contributed by atoms with Gasteiger partial charge in [0.15, 0.2) is 0 Å². The second kappa shape index (κ2) is 6.40. The van der Waals surface area contributed by atoms with E-state index in [2.05, 4.69) is 36.4 Å². The van der Waals surface area contributed by atoms with Crippen molar-refractivity contribution >= 4 is 52.2 Å². The third-order valence-electron chi connectivity index (χ3n) is 2.93. The lowest BCUT2D eigenvalue weighted by Crippen LogP contribution is -1.85. The number of benzene rings is 3. The van der Waals surface area contributed by atoms with Crippen LogP contribution in [0.4, 0.5) is 5.69 Å². The Bertz CT molecular complexity index is 738. The summed E-state index contributed by atoms with van der Waals surface area (Å²) < 4.78 is 0. The van der Waals surface area contributed by atoms with E-state index in [9.17, 15) is 0 Å². The van der Waals surface area contributed by atoms with Crippen molar-refractivity contribution in [1.82, 2.24) is 0 Å². The van der Waals surface area contributed by atoms with E-state index in [0.29, 0.717) is 10.7 Å². The van der Waals surface area contributed by atoms with Crippen LogP contribution in [-0.4, -0.2) is 0 Å². The van der Waals surface area contributed by atoms with Gasteiger partial charge in [-0.15, -0.1) is 12.4 Å². The Kier molecular flexibility index (Phi) is 4.81. The number of anilines is 1. The first kappa shape index (κ1) is 15.0. The summed E-state index contributed by atoms with van der Waals surface area (Å²) >= 11 is 7.89. The number of hydrogen-bond donors (Lipinski definition) is 1.